The van der Waals surface area contributed by atoms with E-state index in [0.717, 1.165) is 25.9 Å². The average Bonchev–Trinajstić information content (AvgIpc) is 3.11. The Morgan fingerprint density at radius 3 is 2.71 bits per heavy atom. The van der Waals surface area contributed by atoms with Crippen molar-refractivity contribution in [1.29, 1.82) is 0 Å². The minimum Gasteiger partial charge on any atom is -0.438 e. The number of hydrogen-bond donors (Lipinski definition) is 0. The van der Waals surface area contributed by atoms with Gasteiger partial charge in [-0.25, -0.2) is 9.97 Å². The quantitative estimate of drug-likeness (QED) is 0.868. The topological polar surface area (TPSA) is 64.2 Å². The van der Waals surface area contributed by atoms with Crippen LogP contribution < -0.4 is 0 Å². The molecule has 2 aromatic heterocycles. The van der Waals surface area contributed by atoms with Crippen LogP contribution in [0.1, 0.15) is 71.8 Å². The second kappa shape index (κ2) is 6.07. The van der Waals surface area contributed by atoms with Gasteiger partial charge in [-0.15, -0.1) is 0 Å². The van der Waals surface area contributed by atoms with Crippen LogP contribution in [0.4, 0.5) is 0 Å². The van der Waals surface area contributed by atoms with Gasteiger partial charge in [0.25, 0.3) is 5.91 Å². The van der Waals surface area contributed by atoms with E-state index in [0.29, 0.717) is 23.4 Å². The second-order valence-electron chi connectivity index (χ2n) is 7.07. The summed E-state index contributed by atoms with van der Waals surface area (Å²) in [4.78, 5) is 23.4. The molecule has 0 aromatic carbocycles. The molecule has 2 aromatic rings. The Kier molecular flexibility index (Phi) is 3.90. The second-order valence-corrected chi connectivity index (χ2v) is 7.07. The maximum atomic E-state index is 12.7. The number of aryl methyl sites for hydroxylation is 2. The highest BCUT2D eigenvalue weighted by atomic mass is 16.3. The standard InChI is InChI=1S/C18H24N4O2/c1-12-9-19-17(14-5-3-6-14)22(12)15-7-4-8-21(10-15)18(23)16-13(2)20-11-24-16/h9,11,14-15H,3-8,10H2,1-2H3. The number of rotatable bonds is 3. The lowest BCUT2D eigenvalue weighted by Crippen LogP contribution is -2.41. The number of likely N-dealkylation sites (tertiary alicyclic amines) is 1. The molecule has 6 nitrogen and oxygen atoms in total. The Morgan fingerprint density at radius 1 is 1.21 bits per heavy atom. The van der Waals surface area contributed by atoms with Crippen molar-refractivity contribution in [2.45, 2.75) is 57.9 Å². The summed E-state index contributed by atoms with van der Waals surface area (Å²) < 4.78 is 7.68. The van der Waals surface area contributed by atoms with Crippen LogP contribution in [0.3, 0.4) is 0 Å². The van der Waals surface area contributed by atoms with Crippen LogP contribution in [0.25, 0.3) is 0 Å². The van der Waals surface area contributed by atoms with E-state index >= 15 is 0 Å². The number of aromatic nitrogens is 3. The van der Waals surface area contributed by atoms with Gasteiger partial charge >= 0.3 is 0 Å². The zero-order valence-corrected chi connectivity index (χ0v) is 14.4. The number of carbonyl (C=O) groups excluding carboxylic acids is 1. The van der Waals surface area contributed by atoms with Crippen molar-refractivity contribution in [1.82, 2.24) is 19.4 Å². The molecule has 1 saturated carbocycles. The van der Waals surface area contributed by atoms with Gasteiger partial charge in [0.15, 0.2) is 6.39 Å². The Balaban J connectivity index is 1.56. The summed E-state index contributed by atoms with van der Waals surface area (Å²) in [6.07, 6.45) is 9.21. The summed E-state index contributed by atoms with van der Waals surface area (Å²) >= 11 is 0. The Labute approximate surface area is 141 Å². The van der Waals surface area contributed by atoms with E-state index in [1.807, 2.05) is 18.0 Å². The zero-order chi connectivity index (χ0) is 16.7. The first-order valence-electron chi connectivity index (χ1n) is 8.88. The van der Waals surface area contributed by atoms with Gasteiger partial charge in [0, 0.05) is 30.9 Å². The van der Waals surface area contributed by atoms with E-state index in [1.54, 1.807) is 0 Å². The molecule has 2 fully saturated rings. The molecule has 0 bridgehead atoms. The lowest BCUT2D eigenvalue weighted by atomic mass is 9.84. The number of imidazole rings is 1. The molecule has 2 aliphatic rings. The minimum absolute atomic E-state index is 0.0438. The van der Waals surface area contributed by atoms with Gasteiger partial charge < -0.3 is 13.9 Å². The lowest BCUT2D eigenvalue weighted by Gasteiger charge is -2.36. The van der Waals surface area contributed by atoms with Crippen molar-refractivity contribution < 1.29 is 9.21 Å². The van der Waals surface area contributed by atoms with Crippen LogP contribution in [0, 0.1) is 13.8 Å². The first-order valence-corrected chi connectivity index (χ1v) is 8.88. The summed E-state index contributed by atoms with van der Waals surface area (Å²) in [7, 11) is 0. The first-order chi connectivity index (χ1) is 11.6. The zero-order valence-electron chi connectivity index (χ0n) is 14.4. The molecule has 1 aliphatic carbocycles. The Morgan fingerprint density at radius 2 is 2.04 bits per heavy atom. The van der Waals surface area contributed by atoms with Gasteiger partial charge in [-0.1, -0.05) is 6.42 Å². The molecule has 0 N–H and O–H groups in total. The van der Waals surface area contributed by atoms with Crippen LogP contribution in [0.2, 0.25) is 0 Å². The highest BCUT2D eigenvalue weighted by Gasteiger charge is 2.32. The van der Waals surface area contributed by atoms with Gasteiger partial charge in [0.05, 0.1) is 11.7 Å². The van der Waals surface area contributed by atoms with Crippen molar-refractivity contribution in [3.8, 4) is 0 Å². The van der Waals surface area contributed by atoms with Gasteiger partial charge in [-0.05, 0) is 39.5 Å². The fraction of sp³-hybridized carbons (Fsp3) is 0.611. The summed E-state index contributed by atoms with van der Waals surface area (Å²) in [5, 5.41) is 0. The Bertz CT molecular complexity index is 744. The van der Waals surface area contributed by atoms with Crippen molar-refractivity contribution >= 4 is 5.91 Å². The molecule has 0 spiro atoms. The maximum absolute atomic E-state index is 12.7. The monoisotopic (exact) mass is 328 g/mol. The van der Waals surface area contributed by atoms with E-state index in [2.05, 4.69) is 21.5 Å². The van der Waals surface area contributed by atoms with Gasteiger partial charge in [-0.3, -0.25) is 4.79 Å². The molecule has 6 heteroatoms. The van der Waals surface area contributed by atoms with Gasteiger partial charge in [0.2, 0.25) is 5.76 Å². The van der Waals surface area contributed by atoms with E-state index in [-0.39, 0.29) is 5.91 Å². The first kappa shape index (κ1) is 15.4. The molecule has 0 radical (unpaired) electrons. The summed E-state index contributed by atoms with van der Waals surface area (Å²) in [5.41, 5.74) is 1.86. The molecule has 24 heavy (non-hydrogen) atoms. The molecule has 4 rings (SSSR count). The fourth-order valence-corrected chi connectivity index (χ4v) is 3.91. The number of oxazole rings is 1. The van der Waals surface area contributed by atoms with E-state index in [9.17, 15) is 4.79 Å². The number of hydrogen-bond acceptors (Lipinski definition) is 4. The lowest BCUT2D eigenvalue weighted by molar-refractivity contribution is 0.0642. The molecule has 1 atom stereocenters. The number of piperidine rings is 1. The molecular weight excluding hydrogens is 304 g/mol. The fourth-order valence-electron chi connectivity index (χ4n) is 3.91. The normalized spacial score (nSPS) is 21.8. The van der Waals surface area contributed by atoms with Crippen molar-refractivity contribution in [3.05, 3.63) is 35.6 Å². The third-order valence-electron chi connectivity index (χ3n) is 5.47. The maximum Gasteiger partial charge on any atom is 0.291 e. The molecule has 3 heterocycles. The summed E-state index contributed by atoms with van der Waals surface area (Å²) in [6.45, 7) is 5.43. The third kappa shape index (κ3) is 2.54. The number of nitrogens with zero attached hydrogens (tertiary/aromatic N) is 4. The molecule has 128 valence electrons. The summed E-state index contributed by atoms with van der Waals surface area (Å²) in [6, 6.07) is 0.309. The van der Waals surface area contributed by atoms with Crippen molar-refractivity contribution in [2.75, 3.05) is 13.1 Å². The third-order valence-corrected chi connectivity index (χ3v) is 5.47. The predicted octanol–water partition coefficient (Wildman–Crippen LogP) is 3.23. The molecular formula is C18H24N4O2. The van der Waals surface area contributed by atoms with E-state index < -0.39 is 0 Å². The van der Waals surface area contributed by atoms with Crippen LogP contribution in [0.5, 0.6) is 0 Å². The highest BCUT2D eigenvalue weighted by Crippen LogP contribution is 2.38. The molecule has 1 unspecified atom stereocenters. The van der Waals surface area contributed by atoms with E-state index in [1.165, 1.54) is 37.2 Å². The van der Waals surface area contributed by atoms with Crippen LogP contribution >= 0.6 is 0 Å². The predicted molar refractivity (Wildman–Crippen MR) is 89.0 cm³/mol. The Hall–Kier alpha value is -2.11. The van der Waals surface area contributed by atoms with E-state index in [4.69, 9.17) is 4.42 Å². The smallest absolute Gasteiger partial charge is 0.291 e. The molecule has 1 aliphatic heterocycles. The number of carbonyl (C=O) groups is 1. The van der Waals surface area contributed by atoms with Gasteiger partial charge in [0.1, 0.15) is 5.82 Å². The minimum atomic E-state index is -0.0438. The van der Waals surface area contributed by atoms with Gasteiger partial charge in [-0.2, -0.15) is 0 Å². The molecule has 1 amide bonds. The summed E-state index contributed by atoms with van der Waals surface area (Å²) in [5.74, 6) is 2.14. The average molecular weight is 328 g/mol. The highest BCUT2D eigenvalue weighted by molar-refractivity contribution is 5.92. The largest absolute Gasteiger partial charge is 0.438 e. The van der Waals surface area contributed by atoms with Crippen molar-refractivity contribution in [3.63, 3.8) is 0 Å². The molecule has 1 saturated heterocycles. The van der Waals surface area contributed by atoms with Crippen molar-refractivity contribution in [2.24, 2.45) is 0 Å². The van der Waals surface area contributed by atoms with Crippen LogP contribution in [-0.4, -0.2) is 38.4 Å². The van der Waals surface area contributed by atoms with Crippen LogP contribution in [0.15, 0.2) is 17.0 Å². The number of amides is 1. The SMILES string of the molecule is Cc1ncoc1C(=O)N1CCCC(n2c(C)cnc2C2CCC2)C1. The van der Waals surface area contributed by atoms with Crippen LogP contribution in [-0.2, 0) is 0 Å².